The molecule has 0 fully saturated rings. The quantitative estimate of drug-likeness (QED) is 0.163. The average Bonchev–Trinajstić information content (AvgIpc) is 3.44. The van der Waals surface area contributed by atoms with Crippen molar-refractivity contribution < 1.29 is 14.3 Å². The Morgan fingerprint density at radius 2 is 1.59 bits per heavy atom. The molecule has 41 heavy (non-hydrogen) atoms. The van der Waals surface area contributed by atoms with Gasteiger partial charge in [-0.2, -0.15) is 5.21 Å². The average molecular weight is 568 g/mol. The number of nitrogens with one attached hydrogen (secondary N) is 1. The van der Waals surface area contributed by atoms with Gasteiger partial charge in [0.1, 0.15) is 5.75 Å². The van der Waals surface area contributed by atoms with Gasteiger partial charge in [0.2, 0.25) is 0 Å². The highest BCUT2D eigenvalue weighted by Crippen LogP contribution is 2.45. The van der Waals surface area contributed by atoms with Crippen LogP contribution in [0.1, 0.15) is 74.4 Å². The number of tetrazole rings is 1. The molecule has 1 amide bonds. The number of ether oxygens (including phenoxy) is 1. The lowest BCUT2D eigenvalue weighted by atomic mass is 9.78. The standard InChI is InChI=1S/C32H33N5O3S/c1-31(2,3)22-16-20(17-23(32(4,5)6)28(22)40-30(39)21-12-8-7-9-13-21)18-26-29(38)37(19-27-33-35-36-34-27)24-14-10-11-15-25(24)41-26/h7-18H,19H2,1-6H3,(H,33,34,35,36). The molecule has 0 bridgehead atoms. The fourth-order valence-corrected chi connectivity index (χ4v) is 5.70. The van der Waals surface area contributed by atoms with Crippen molar-refractivity contribution >= 4 is 35.4 Å². The Morgan fingerprint density at radius 1 is 0.951 bits per heavy atom. The number of aromatic nitrogens is 4. The highest BCUT2D eigenvalue weighted by atomic mass is 32.2. The number of para-hydroxylation sites is 1. The van der Waals surface area contributed by atoms with Crippen LogP contribution in [-0.4, -0.2) is 32.5 Å². The zero-order valence-corrected chi connectivity index (χ0v) is 24.9. The van der Waals surface area contributed by atoms with Crippen LogP contribution in [0.4, 0.5) is 5.69 Å². The highest BCUT2D eigenvalue weighted by molar-refractivity contribution is 8.04. The first-order chi connectivity index (χ1) is 19.4. The Kier molecular flexibility index (Phi) is 7.57. The van der Waals surface area contributed by atoms with Crippen LogP contribution in [0.5, 0.6) is 5.75 Å². The molecule has 0 saturated heterocycles. The maximum absolute atomic E-state index is 13.8. The van der Waals surface area contributed by atoms with E-state index in [-0.39, 0.29) is 23.3 Å². The first-order valence-corrected chi connectivity index (χ1v) is 14.2. The molecule has 210 valence electrons. The molecule has 1 aliphatic rings. The van der Waals surface area contributed by atoms with Crippen molar-refractivity contribution in [2.45, 2.75) is 63.8 Å². The van der Waals surface area contributed by atoms with Gasteiger partial charge in [-0.05, 0) is 58.9 Å². The van der Waals surface area contributed by atoms with Gasteiger partial charge in [0.25, 0.3) is 5.91 Å². The molecule has 0 saturated carbocycles. The van der Waals surface area contributed by atoms with Crippen molar-refractivity contribution in [3.8, 4) is 5.75 Å². The summed E-state index contributed by atoms with van der Waals surface area (Å²) in [6.45, 7) is 12.7. The predicted molar refractivity (Wildman–Crippen MR) is 161 cm³/mol. The largest absolute Gasteiger partial charge is 0.422 e. The number of esters is 1. The maximum atomic E-state index is 13.8. The summed E-state index contributed by atoms with van der Waals surface area (Å²) in [5.74, 6) is 0.439. The molecule has 1 aliphatic heterocycles. The van der Waals surface area contributed by atoms with Crippen molar-refractivity contribution in [3.63, 3.8) is 0 Å². The summed E-state index contributed by atoms with van der Waals surface area (Å²) < 4.78 is 6.14. The second-order valence-corrected chi connectivity index (χ2v) is 13.1. The topological polar surface area (TPSA) is 101 Å². The number of fused-ring (bicyclic) bond motifs is 1. The molecule has 4 aromatic rings. The van der Waals surface area contributed by atoms with Crippen molar-refractivity contribution in [2.24, 2.45) is 0 Å². The number of H-pyrrole nitrogens is 1. The van der Waals surface area contributed by atoms with Gasteiger partial charge >= 0.3 is 5.97 Å². The van der Waals surface area contributed by atoms with E-state index in [2.05, 4.69) is 62.2 Å². The Labute approximate surface area is 244 Å². The first-order valence-electron chi connectivity index (χ1n) is 13.4. The fraction of sp³-hybridized carbons (Fsp3) is 0.281. The molecule has 0 spiro atoms. The molecule has 1 aromatic heterocycles. The van der Waals surface area contributed by atoms with Crippen molar-refractivity contribution in [1.29, 1.82) is 0 Å². The van der Waals surface area contributed by atoms with E-state index in [1.54, 1.807) is 17.0 Å². The summed E-state index contributed by atoms with van der Waals surface area (Å²) in [5, 5.41) is 14.2. The number of carbonyl (C=O) groups excluding carboxylic acids is 2. The minimum atomic E-state index is -0.403. The van der Waals surface area contributed by atoms with Crippen LogP contribution in [0.2, 0.25) is 0 Å². The number of anilines is 1. The van der Waals surface area contributed by atoms with Gasteiger partial charge in [-0.15, -0.1) is 10.2 Å². The van der Waals surface area contributed by atoms with E-state index in [1.807, 2.05) is 60.7 Å². The molecule has 0 atom stereocenters. The van der Waals surface area contributed by atoms with Gasteiger partial charge in [-0.3, -0.25) is 9.69 Å². The number of hydrogen-bond donors (Lipinski definition) is 1. The highest BCUT2D eigenvalue weighted by Gasteiger charge is 2.32. The fourth-order valence-electron chi connectivity index (χ4n) is 4.65. The summed E-state index contributed by atoms with van der Waals surface area (Å²) in [4.78, 5) is 30.2. The molecule has 2 heterocycles. The molecule has 1 N–H and O–H groups in total. The van der Waals surface area contributed by atoms with E-state index in [1.165, 1.54) is 11.8 Å². The number of amides is 1. The van der Waals surface area contributed by atoms with Crippen LogP contribution in [-0.2, 0) is 22.2 Å². The number of aromatic amines is 1. The van der Waals surface area contributed by atoms with Gasteiger partial charge in [-0.25, -0.2) is 4.79 Å². The normalized spacial score (nSPS) is 14.7. The second-order valence-electron chi connectivity index (χ2n) is 12.0. The number of thioether (sulfide) groups is 1. The van der Waals surface area contributed by atoms with Crippen molar-refractivity contribution in [3.05, 3.63) is 99.7 Å². The molecular formula is C32H33N5O3S. The third kappa shape index (κ3) is 6.10. The van der Waals surface area contributed by atoms with Crippen molar-refractivity contribution in [1.82, 2.24) is 20.6 Å². The number of benzene rings is 3. The van der Waals surface area contributed by atoms with E-state index in [0.29, 0.717) is 22.0 Å². The summed E-state index contributed by atoms with van der Waals surface area (Å²) in [7, 11) is 0. The van der Waals surface area contributed by atoms with E-state index >= 15 is 0 Å². The second kappa shape index (κ2) is 11.0. The Balaban J connectivity index is 1.61. The van der Waals surface area contributed by atoms with E-state index in [0.717, 1.165) is 27.3 Å². The zero-order valence-electron chi connectivity index (χ0n) is 24.1. The monoisotopic (exact) mass is 567 g/mol. The first kappa shape index (κ1) is 28.3. The zero-order chi connectivity index (χ0) is 29.4. The molecule has 8 nitrogen and oxygen atoms in total. The third-order valence-electron chi connectivity index (χ3n) is 6.75. The number of carbonyl (C=O) groups is 2. The Morgan fingerprint density at radius 3 is 2.20 bits per heavy atom. The molecule has 0 unspecified atom stereocenters. The van der Waals surface area contributed by atoms with Gasteiger partial charge in [0.05, 0.1) is 22.7 Å². The lowest BCUT2D eigenvalue weighted by Crippen LogP contribution is -2.34. The molecule has 0 aliphatic carbocycles. The molecule has 5 rings (SSSR count). The van der Waals surface area contributed by atoms with Crippen LogP contribution in [0.25, 0.3) is 6.08 Å². The molecule has 0 radical (unpaired) electrons. The third-order valence-corrected chi connectivity index (χ3v) is 7.83. The number of nitrogens with zero attached hydrogens (tertiary/aromatic N) is 4. The van der Waals surface area contributed by atoms with Crippen LogP contribution >= 0.6 is 11.8 Å². The van der Waals surface area contributed by atoms with Crippen LogP contribution in [0.3, 0.4) is 0 Å². The summed E-state index contributed by atoms with van der Waals surface area (Å²) in [6, 6.07) is 20.8. The summed E-state index contributed by atoms with van der Waals surface area (Å²) in [6.07, 6.45) is 1.92. The van der Waals surface area contributed by atoms with Crippen LogP contribution < -0.4 is 9.64 Å². The van der Waals surface area contributed by atoms with Crippen LogP contribution in [0, 0.1) is 0 Å². The molecule has 3 aromatic carbocycles. The number of rotatable bonds is 5. The van der Waals surface area contributed by atoms with E-state index < -0.39 is 5.97 Å². The van der Waals surface area contributed by atoms with E-state index in [4.69, 9.17) is 4.74 Å². The summed E-state index contributed by atoms with van der Waals surface area (Å²) in [5.41, 5.74) is 3.23. The predicted octanol–water partition coefficient (Wildman–Crippen LogP) is 6.69. The summed E-state index contributed by atoms with van der Waals surface area (Å²) >= 11 is 1.44. The SMILES string of the molecule is CC(C)(C)c1cc(C=C2Sc3ccccc3N(Cc3nn[nH]n3)C2=O)cc(C(C)(C)C)c1OC(=O)c1ccccc1. The lowest BCUT2D eigenvalue weighted by molar-refractivity contribution is -0.114. The van der Waals surface area contributed by atoms with Crippen LogP contribution in [0.15, 0.2) is 76.5 Å². The smallest absolute Gasteiger partial charge is 0.343 e. The maximum Gasteiger partial charge on any atom is 0.343 e. The van der Waals surface area contributed by atoms with Gasteiger partial charge in [0, 0.05) is 16.0 Å². The minimum absolute atomic E-state index is 0.146. The van der Waals surface area contributed by atoms with Gasteiger partial charge in [0.15, 0.2) is 5.82 Å². The van der Waals surface area contributed by atoms with Gasteiger partial charge < -0.3 is 4.74 Å². The lowest BCUT2D eigenvalue weighted by Gasteiger charge is -2.31. The minimum Gasteiger partial charge on any atom is -0.422 e. The van der Waals surface area contributed by atoms with E-state index in [9.17, 15) is 9.59 Å². The van der Waals surface area contributed by atoms with Crippen molar-refractivity contribution in [2.75, 3.05) is 4.90 Å². The van der Waals surface area contributed by atoms with Gasteiger partial charge in [-0.1, -0.05) is 88.8 Å². The number of hydrogen-bond acceptors (Lipinski definition) is 7. The molecular weight excluding hydrogens is 534 g/mol. The molecule has 9 heteroatoms. The Bertz CT molecular complexity index is 1580. The Hall–Kier alpha value is -4.24.